The second-order valence-electron chi connectivity index (χ2n) is 23.6. The monoisotopic (exact) mass is 1220 g/mol. The number of likely N-dealkylation sites (N-methyl/N-ethyl adjacent to an activating group) is 1. The number of allylic oxidation sites excluding steroid dienone is 3. The summed E-state index contributed by atoms with van der Waals surface area (Å²) in [5.41, 5.74) is 0.682. The number of imide groups is 1. The number of anilines is 1. The lowest BCUT2D eigenvalue weighted by Gasteiger charge is -2.42. The maximum absolute atomic E-state index is 14.5. The summed E-state index contributed by atoms with van der Waals surface area (Å²) in [5.74, 6) is -2.69. The Balaban J connectivity index is 0.814. The number of aliphatic hydroxyl groups is 1. The van der Waals surface area contributed by atoms with E-state index in [4.69, 9.17) is 35.3 Å². The molecule has 1 unspecified atom stereocenters. The van der Waals surface area contributed by atoms with Crippen molar-refractivity contribution >= 4 is 70.6 Å². The molecule has 458 valence electrons. The first-order valence-electron chi connectivity index (χ1n) is 29.4. The molecular weight excluding hydrogens is 1140 g/mol. The first-order chi connectivity index (χ1) is 41.1. The fourth-order valence-corrected chi connectivity index (χ4v) is 14.0. The number of rotatable bonds is 16. The fraction of sp³-hybridized carbons (Fsp3) is 0.470. The van der Waals surface area contributed by atoms with Gasteiger partial charge in [0.25, 0.3) is 0 Å². The molecule has 4 aliphatic heterocycles. The van der Waals surface area contributed by atoms with Crippen molar-refractivity contribution in [2.75, 3.05) is 45.5 Å². The van der Waals surface area contributed by atoms with Crippen LogP contribution < -0.4 is 20.3 Å². The highest BCUT2D eigenvalue weighted by atomic mass is 35.5. The van der Waals surface area contributed by atoms with E-state index in [0.717, 1.165) is 27.8 Å². The van der Waals surface area contributed by atoms with Crippen LogP contribution in [0.2, 0.25) is 5.02 Å². The van der Waals surface area contributed by atoms with Gasteiger partial charge < -0.3 is 43.9 Å². The molecule has 4 bridgehead atoms. The Morgan fingerprint density at radius 3 is 2.13 bits per heavy atom. The molecule has 4 fully saturated rings. The lowest BCUT2D eigenvalue weighted by atomic mass is 9.75. The van der Waals surface area contributed by atoms with Gasteiger partial charge in [-0.3, -0.25) is 34.2 Å². The Kier molecular flexibility index (Phi) is 19.9. The summed E-state index contributed by atoms with van der Waals surface area (Å²) in [4.78, 5) is 101. The topological polar surface area (TPSA) is 223 Å². The molecule has 1 saturated carbocycles. The Morgan fingerprint density at radius 1 is 0.919 bits per heavy atom. The van der Waals surface area contributed by atoms with Gasteiger partial charge in [-0.2, -0.15) is 0 Å². The van der Waals surface area contributed by atoms with Crippen molar-refractivity contribution in [1.29, 1.82) is 0 Å². The van der Waals surface area contributed by atoms with Gasteiger partial charge in [-0.15, -0.1) is 11.8 Å². The molecule has 0 spiro atoms. The van der Waals surface area contributed by atoms with Gasteiger partial charge in [-0.1, -0.05) is 133 Å². The number of thioether (sulfide) groups is 1. The first kappa shape index (κ1) is 63.5. The summed E-state index contributed by atoms with van der Waals surface area (Å²) in [6, 6.07) is 32.3. The van der Waals surface area contributed by atoms with E-state index in [1.165, 1.54) is 54.7 Å². The molecular formula is C66H78ClN5O13S. The summed E-state index contributed by atoms with van der Waals surface area (Å²) < 4.78 is 29.6. The van der Waals surface area contributed by atoms with E-state index in [9.17, 15) is 38.7 Å². The van der Waals surface area contributed by atoms with E-state index < -0.39 is 82.4 Å². The highest BCUT2D eigenvalue weighted by Crippen LogP contribution is 2.50. The van der Waals surface area contributed by atoms with Crippen LogP contribution >= 0.6 is 23.4 Å². The second-order valence-corrected chi connectivity index (χ2v) is 25.3. The first-order valence-corrected chi connectivity index (χ1v) is 30.8. The van der Waals surface area contributed by atoms with Crippen molar-refractivity contribution < 1.29 is 62.4 Å². The number of hydrogen-bond acceptors (Lipinski definition) is 14. The molecule has 18 nitrogen and oxygen atoms in total. The van der Waals surface area contributed by atoms with Crippen molar-refractivity contribution in [1.82, 2.24) is 20.4 Å². The number of epoxide rings is 1. The zero-order valence-electron chi connectivity index (χ0n) is 50.0. The average molecular weight is 1220 g/mol. The number of hydrogen-bond donors (Lipinski definition) is 3. The Morgan fingerprint density at radius 2 is 1.53 bits per heavy atom. The summed E-state index contributed by atoms with van der Waals surface area (Å²) in [6.45, 7) is 7.15. The van der Waals surface area contributed by atoms with Gasteiger partial charge in [0.15, 0.2) is 5.72 Å². The second kappa shape index (κ2) is 26.9. The highest BCUT2D eigenvalue weighted by molar-refractivity contribution is 8.00. The molecule has 4 aromatic rings. The number of fused-ring (bicyclic) bond motifs is 5. The van der Waals surface area contributed by atoms with Gasteiger partial charge in [0.05, 0.1) is 30.6 Å². The van der Waals surface area contributed by atoms with Gasteiger partial charge in [0.2, 0.25) is 29.5 Å². The molecule has 4 heterocycles. The molecule has 86 heavy (non-hydrogen) atoms. The molecule has 5 aliphatic rings. The van der Waals surface area contributed by atoms with E-state index in [2.05, 4.69) is 10.6 Å². The number of nitrogens with zero attached hydrogens (tertiary/aromatic N) is 3. The summed E-state index contributed by atoms with van der Waals surface area (Å²) in [5, 5.41) is 17.5. The van der Waals surface area contributed by atoms with Crippen LogP contribution in [0, 0.1) is 17.8 Å². The quantitative estimate of drug-likeness (QED) is 0.0413. The number of alkyl carbamates (subject to hydrolysis) is 1. The lowest BCUT2D eigenvalue weighted by molar-refractivity contribution is -0.162. The lowest BCUT2D eigenvalue weighted by Crippen LogP contribution is -2.63. The third kappa shape index (κ3) is 13.6. The van der Waals surface area contributed by atoms with E-state index in [1.807, 2.05) is 104 Å². The van der Waals surface area contributed by atoms with Crippen LogP contribution in [-0.4, -0.2) is 144 Å². The number of halogens is 1. The van der Waals surface area contributed by atoms with Gasteiger partial charge in [-0.05, 0) is 93.2 Å². The molecule has 0 aromatic heterocycles. The van der Waals surface area contributed by atoms with Gasteiger partial charge in [-0.25, -0.2) is 9.59 Å². The van der Waals surface area contributed by atoms with E-state index in [1.54, 1.807) is 45.2 Å². The minimum absolute atomic E-state index is 0.00153. The maximum Gasteiger partial charge on any atom is 0.409 e. The molecule has 1 aliphatic carbocycles. The molecule has 3 N–H and O–H groups in total. The largest absolute Gasteiger partial charge is 0.495 e. The third-order valence-corrected chi connectivity index (χ3v) is 19.5. The van der Waals surface area contributed by atoms with Crippen molar-refractivity contribution in [3.05, 3.63) is 154 Å². The SMILES string of the molecule is COc1cc2cc(c1Cl)N(C)C(=O)C[C@H](OC(=O)[C@@H](C)N(C)C(=O)CCSC1CC(=O)N(CC3CCC(C(=O)NC(c4ccccc4)(c4ccccc4)c4ccccc4)CC3)C1=O)[C@]1(C)O[C@H]1[C@H](C)[C@@H]1C[C@@](O)(NC(=O)O1)[C@H](OC)/C=C/C=C(\C)C2. The van der Waals surface area contributed by atoms with Crippen LogP contribution in [0.25, 0.3) is 0 Å². The molecule has 0 radical (unpaired) electrons. The summed E-state index contributed by atoms with van der Waals surface area (Å²) in [6.07, 6.45) is 2.84. The van der Waals surface area contributed by atoms with Crippen LogP contribution in [0.5, 0.6) is 5.75 Å². The minimum atomic E-state index is -1.89. The number of carbonyl (C=O) groups is 7. The van der Waals surface area contributed by atoms with Crippen molar-refractivity contribution in [2.45, 2.75) is 138 Å². The smallest absolute Gasteiger partial charge is 0.409 e. The number of esters is 1. The van der Waals surface area contributed by atoms with Crippen LogP contribution in [0.4, 0.5) is 10.5 Å². The molecule has 3 saturated heterocycles. The molecule has 9 rings (SSSR count). The number of likely N-dealkylation sites (tertiary alicyclic amines) is 1. The van der Waals surface area contributed by atoms with Gasteiger partial charge in [0, 0.05) is 64.6 Å². The highest BCUT2D eigenvalue weighted by Gasteiger charge is 2.64. The van der Waals surface area contributed by atoms with Crippen molar-refractivity contribution in [3.8, 4) is 5.75 Å². The average Bonchev–Trinajstić information content (AvgIpc) is 1.65. The van der Waals surface area contributed by atoms with Crippen molar-refractivity contribution in [3.63, 3.8) is 0 Å². The predicted octanol–water partition coefficient (Wildman–Crippen LogP) is 8.68. The molecule has 6 amide bonds. The van der Waals surface area contributed by atoms with Crippen molar-refractivity contribution in [2.24, 2.45) is 17.8 Å². The zero-order valence-corrected chi connectivity index (χ0v) is 51.6. The number of ether oxygens (including phenoxy) is 5. The van der Waals surface area contributed by atoms with Crippen LogP contribution in [0.1, 0.15) is 101 Å². The number of benzene rings is 4. The molecule has 9 atom stereocenters. The molecule has 20 heteroatoms. The predicted molar refractivity (Wildman–Crippen MR) is 326 cm³/mol. The summed E-state index contributed by atoms with van der Waals surface area (Å²) >= 11 is 8.08. The standard InChI is InChI=1S/C66H78ClN5O13S/c1-40-19-18-26-53(82-8)65(80)38-51(83-63(79)69-65)41(2)59-64(4,85-59)54(37-56(74)71(6)49-34-44(33-40)35-50(81-7)58(49)67)84-62(78)42(3)70(5)55(73)31-32-86-52-36-57(75)72(61(52)77)39-43-27-29-45(30-28-43)60(76)68-66(46-20-12-9-13-21-46,47-22-14-10-15-23-47)48-24-16-11-17-25-48/h9-26,34-35,41-43,45,51-54,59,80H,27-33,36-39H2,1-8H3,(H,68,76)(H,69,79)/b26-18+,40-19+/t41-,42-,43?,45?,51+,52?,53-,54+,59+,64+,65+/m1/s1. The van der Waals surface area contributed by atoms with Crippen LogP contribution in [-0.2, 0) is 59.7 Å². The zero-order chi connectivity index (χ0) is 61.7. The number of methoxy groups -OCH3 is 2. The normalized spacial score (nSPS) is 28.4. The Labute approximate surface area is 512 Å². The van der Waals surface area contributed by atoms with E-state index >= 15 is 0 Å². The van der Waals surface area contributed by atoms with Gasteiger partial charge in [0.1, 0.15) is 46.3 Å². The molecule has 4 aromatic carbocycles. The van der Waals surface area contributed by atoms with Crippen LogP contribution in [0.15, 0.2) is 127 Å². The minimum Gasteiger partial charge on any atom is -0.495 e. The number of carbonyl (C=O) groups excluding carboxylic acids is 7. The fourth-order valence-electron chi connectivity index (χ4n) is 12.6. The number of amides is 6. The number of nitrogens with one attached hydrogen (secondary N) is 2. The van der Waals surface area contributed by atoms with E-state index in [-0.39, 0.29) is 72.6 Å². The Bertz CT molecular complexity index is 3120. The summed E-state index contributed by atoms with van der Waals surface area (Å²) in [7, 11) is 5.92. The van der Waals surface area contributed by atoms with E-state index in [0.29, 0.717) is 43.5 Å². The van der Waals surface area contributed by atoms with Crippen LogP contribution in [0.3, 0.4) is 0 Å². The third-order valence-electron chi connectivity index (χ3n) is 18.0. The Hall–Kier alpha value is -7.03. The maximum atomic E-state index is 14.5. The van der Waals surface area contributed by atoms with Gasteiger partial charge >= 0.3 is 12.1 Å².